The second-order valence-electron chi connectivity index (χ2n) is 5.77. The maximum absolute atomic E-state index is 12.8. The number of hydrogen-bond donors (Lipinski definition) is 1. The quantitative estimate of drug-likeness (QED) is 0.861. The number of nitrogens with one attached hydrogen (secondary N) is 1. The molecule has 1 aliphatic heterocycles. The highest BCUT2D eigenvalue weighted by Crippen LogP contribution is 2.15. The first-order chi connectivity index (χ1) is 10.3. The SMILES string of the molecule is CC(COc1ccc(F)cc1)NC1CCN(S(C)(=O)=O)CC1. The van der Waals surface area contributed by atoms with Gasteiger partial charge in [-0.1, -0.05) is 0 Å². The Morgan fingerprint density at radius 3 is 2.45 bits per heavy atom. The first-order valence-electron chi connectivity index (χ1n) is 7.44. The number of halogens is 1. The Morgan fingerprint density at radius 1 is 1.32 bits per heavy atom. The predicted octanol–water partition coefficient (Wildman–Crippen LogP) is 1.61. The van der Waals surface area contributed by atoms with Crippen LogP contribution >= 0.6 is 0 Å². The summed E-state index contributed by atoms with van der Waals surface area (Å²) in [6.07, 6.45) is 2.85. The van der Waals surface area contributed by atoms with Crippen LogP contribution in [0.5, 0.6) is 5.75 Å². The van der Waals surface area contributed by atoms with E-state index in [-0.39, 0.29) is 11.9 Å². The summed E-state index contributed by atoms with van der Waals surface area (Å²) in [4.78, 5) is 0. The van der Waals surface area contributed by atoms with E-state index in [1.165, 1.54) is 22.7 Å². The Hall–Kier alpha value is -1.18. The van der Waals surface area contributed by atoms with E-state index >= 15 is 0 Å². The van der Waals surface area contributed by atoms with Gasteiger partial charge in [0.2, 0.25) is 10.0 Å². The van der Waals surface area contributed by atoms with Gasteiger partial charge in [0.15, 0.2) is 0 Å². The van der Waals surface area contributed by atoms with E-state index in [9.17, 15) is 12.8 Å². The molecule has 0 bridgehead atoms. The van der Waals surface area contributed by atoms with Crippen molar-refractivity contribution in [1.82, 2.24) is 9.62 Å². The third-order valence-corrected chi connectivity index (χ3v) is 5.06. The fourth-order valence-corrected chi connectivity index (χ4v) is 3.43. The largest absolute Gasteiger partial charge is 0.492 e. The summed E-state index contributed by atoms with van der Waals surface area (Å²) >= 11 is 0. The average Bonchev–Trinajstić information content (AvgIpc) is 2.46. The van der Waals surface area contributed by atoms with E-state index in [1.807, 2.05) is 6.92 Å². The number of hydrogen-bond acceptors (Lipinski definition) is 4. The van der Waals surface area contributed by atoms with Crippen LogP contribution in [0.15, 0.2) is 24.3 Å². The number of sulfonamides is 1. The summed E-state index contributed by atoms with van der Waals surface area (Å²) in [6.45, 7) is 3.62. The van der Waals surface area contributed by atoms with Gasteiger partial charge in [-0.05, 0) is 44.0 Å². The molecule has 1 aromatic rings. The summed E-state index contributed by atoms with van der Waals surface area (Å²) in [7, 11) is -3.08. The highest BCUT2D eigenvalue weighted by Gasteiger charge is 2.25. The first kappa shape index (κ1) is 17.2. The molecule has 5 nitrogen and oxygen atoms in total. The maximum Gasteiger partial charge on any atom is 0.211 e. The summed E-state index contributed by atoms with van der Waals surface area (Å²) in [5.41, 5.74) is 0. The molecule has 0 amide bonds. The molecule has 7 heteroatoms. The normalized spacial score (nSPS) is 19.0. The molecule has 22 heavy (non-hydrogen) atoms. The molecule has 1 N–H and O–H groups in total. The van der Waals surface area contributed by atoms with Crippen LogP contribution in [0.2, 0.25) is 0 Å². The topological polar surface area (TPSA) is 58.6 Å². The highest BCUT2D eigenvalue weighted by atomic mass is 32.2. The van der Waals surface area contributed by atoms with Gasteiger partial charge in [-0.15, -0.1) is 0 Å². The molecule has 1 unspecified atom stereocenters. The molecule has 124 valence electrons. The van der Waals surface area contributed by atoms with Crippen LogP contribution < -0.4 is 10.1 Å². The van der Waals surface area contributed by atoms with Crippen molar-refractivity contribution < 1.29 is 17.5 Å². The van der Waals surface area contributed by atoms with Gasteiger partial charge in [0.25, 0.3) is 0 Å². The summed E-state index contributed by atoms with van der Waals surface area (Å²) < 4.78 is 42.8. The lowest BCUT2D eigenvalue weighted by molar-refractivity contribution is 0.229. The molecule has 1 saturated heterocycles. The molecule has 0 spiro atoms. The second kappa shape index (κ2) is 7.39. The van der Waals surface area contributed by atoms with Crippen LogP contribution in [-0.2, 0) is 10.0 Å². The standard InChI is InChI=1S/C15H23FN2O3S/c1-12(11-21-15-5-3-13(16)4-6-15)17-14-7-9-18(10-8-14)22(2,19)20/h3-6,12,14,17H,7-11H2,1-2H3. The fraction of sp³-hybridized carbons (Fsp3) is 0.600. The minimum atomic E-state index is -3.08. The lowest BCUT2D eigenvalue weighted by Crippen LogP contribution is -2.48. The van der Waals surface area contributed by atoms with Crippen molar-refractivity contribution in [3.63, 3.8) is 0 Å². The van der Waals surface area contributed by atoms with Gasteiger partial charge in [-0.25, -0.2) is 17.1 Å². The van der Waals surface area contributed by atoms with Gasteiger partial charge in [0, 0.05) is 25.2 Å². The lowest BCUT2D eigenvalue weighted by Gasteiger charge is -2.32. The van der Waals surface area contributed by atoms with E-state index in [2.05, 4.69) is 5.32 Å². The van der Waals surface area contributed by atoms with E-state index < -0.39 is 10.0 Å². The zero-order chi connectivity index (χ0) is 16.2. The molecule has 0 aliphatic carbocycles. The molecule has 0 aromatic heterocycles. The maximum atomic E-state index is 12.8. The van der Waals surface area contributed by atoms with Crippen molar-refractivity contribution >= 4 is 10.0 Å². The zero-order valence-electron chi connectivity index (χ0n) is 13.0. The van der Waals surface area contributed by atoms with Crippen molar-refractivity contribution in [3.8, 4) is 5.75 Å². The average molecular weight is 330 g/mol. The zero-order valence-corrected chi connectivity index (χ0v) is 13.8. The van der Waals surface area contributed by atoms with Gasteiger partial charge >= 0.3 is 0 Å². The van der Waals surface area contributed by atoms with Crippen LogP contribution in [0.25, 0.3) is 0 Å². The Morgan fingerprint density at radius 2 is 1.91 bits per heavy atom. The second-order valence-corrected chi connectivity index (χ2v) is 7.75. The molecule has 2 rings (SSSR count). The minimum absolute atomic E-state index is 0.139. The first-order valence-corrected chi connectivity index (χ1v) is 9.29. The minimum Gasteiger partial charge on any atom is -0.492 e. The summed E-state index contributed by atoms with van der Waals surface area (Å²) in [6, 6.07) is 6.38. The molecule has 0 saturated carbocycles. The third kappa shape index (κ3) is 5.23. The molecular formula is C15H23FN2O3S. The van der Waals surface area contributed by atoms with Gasteiger partial charge in [0.05, 0.1) is 6.26 Å². The molecule has 1 aromatic carbocycles. The van der Waals surface area contributed by atoms with Crippen molar-refractivity contribution in [2.24, 2.45) is 0 Å². The van der Waals surface area contributed by atoms with Crippen LogP contribution in [0.4, 0.5) is 4.39 Å². The van der Waals surface area contributed by atoms with E-state index in [4.69, 9.17) is 4.74 Å². The fourth-order valence-electron chi connectivity index (χ4n) is 2.56. The van der Waals surface area contributed by atoms with Crippen molar-refractivity contribution in [2.45, 2.75) is 31.8 Å². The predicted molar refractivity (Wildman–Crippen MR) is 83.9 cm³/mol. The van der Waals surface area contributed by atoms with E-state index in [0.717, 1.165) is 12.8 Å². The Kier molecular flexibility index (Phi) is 5.77. The molecule has 1 heterocycles. The van der Waals surface area contributed by atoms with Gasteiger partial charge in [-0.2, -0.15) is 0 Å². The number of piperidine rings is 1. The van der Waals surface area contributed by atoms with Crippen molar-refractivity contribution in [3.05, 3.63) is 30.1 Å². The number of benzene rings is 1. The lowest BCUT2D eigenvalue weighted by atomic mass is 10.1. The monoisotopic (exact) mass is 330 g/mol. The number of ether oxygens (including phenoxy) is 1. The van der Waals surface area contributed by atoms with Crippen LogP contribution in [0.3, 0.4) is 0 Å². The van der Waals surface area contributed by atoms with Crippen molar-refractivity contribution in [1.29, 1.82) is 0 Å². The van der Waals surface area contributed by atoms with Gasteiger partial charge < -0.3 is 10.1 Å². The Balaban J connectivity index is 1.72. The summed E-state index contributed by atoms with van der Waals surface area (Å²) in [5, 5.41) is 3.45. The van der Waals surface area contributed by atoms with E-state index in [0.29, 0.717) is 31.5 Å². The Labute approximate surface area is 131 Å². The number of nitrogens with zero attached hydrogens (tertiary/aromatic N) is 1. The molecule has 1 fully saturated rings. The highest BCUT2D eigenvalue weighted by molar-refractivity contribution is 7.88. The number of rotatable bonds is 6. The van der Waals surface area contributed by atoms with Gasteiger partial charge in [0.1, 0.15) is 18.2 Å². The molecular weight excluding hydrogens is 307 g/mol. The van der Waals surface area contributed by atoms with Crippen LogP contribution in [0, 0.1) is 5.82 Å². The van der Waals surface area contributed by atoms with Crippen molar-refractivity contribution in [2.75, 3.05) is 26.0 Å². The smallest absolute Gasteiger partial charge is 0.211 e. The van der Waals surface area contributed by atoms with Gasteiger partial charge in [-0.3, -0.25) is 0 Å². The van der Waals surface area contributed by atoms with E-state index in [1.54, 1.807) is 12.1 Å². The Bertz CT molecular complexity index is 569. The molecule has 1 aliphatic rings. The molecule has 1 atom stereocenters. The third-order valence-electron chi connectivity index (χ3n) is 3.76. The van der Waals surface area contributed by atoms with Crippen LogP contribution in [0.1, 0.15) is 19.8 Å². The summed E-state index contributed by atoms with van der Waals surface area (Å²) in [5.74, 6) is 0.359. The molecule has 0 radical (unpaired) electrons. The van der Waals surface area contributed by atoms with Crippen LogP contribution in [-0.4, -0.2) is 50.8 Å².